The maximum Gasteiger partial charge on any atom is 0.146 e. The average molecular weight is 217 g/mol. The minimum absolute atomic E-state index is 0.0116. The van der Waals surface area contributed by atoms with Crippen molar-refractivity contribution in [2.45, 2.75) is 12.5 Å². The second kappa shape index (κ2) is 5.63. The summed E-state index contributed by atoms with van der Waals surface area (Å²) in [7, 11) is 0. The van der Waals surface area contributed by atoms with Crippen LogP contribution in [0.4, 0.5) is 14.5 Å². The molecule has 15 heavy (non-hydrogen) atoms. The van der Waals surface area contributed by atoms with Gasteiger partial charge in [0, 0.05) is 6.61 Å². The first-order valence-corrected chi connectivity index (χ1v) is 4.60. The van der Waals surface area contributed by atoms with Gasteiger partial charge in [0.05, 0.1) is 18.3 Å². The van der Waals surface area contributed by atoms with Crippen molar-refractivity contribution < 1.29 is 19.0 Å². The number of aliphatic hydroxyl groups excluding tert-OH is 2. The third-order valence-electron chi connectivity index (χ3n) is 1.99. The van der Waals surface area contributed by atoms with E-state index >= 15 is 0 Å². The van der Waals surface area contributed by atoms with Crippen LogP contribution in [0.1, 0.15) is 6.42 Å². The van der Waals surface area contributed by atoms with Crippen LogP contribution in [0.15, 0.2) is 18.2 Å². The first kappa shape index (κ1) is 11.9. The summed E-state index contributed by atoms with van der Waals surface area (Å²) in [5, 5.41) is 20.2. The summed E-state index contributed by atoms with van der Waals surface area (Å²) in [6, 6.07) is 2.55. The molecule has 0 heterocycles. The molecule has 1 aromatic rings. The summed E-state index contributed by atoms with van der Waals surface area (Å²) in [6.07, 6.45) is 0.270. The molecule has 0 radical (unpaired) electrons. The lowest BCUT2D eigenvalue weighted by Gasteiger charge is -2.16. The predicted molar refractivity (Wildman–Crippen MR) is 52.6 cm³/mol. The van der Waals surface area contributed by atoms with E-state index in [-0.39, 0.29) is 25.3 Å². The van der Waals surface area contributed by atoms with Gasteiger partial charge in [-0.15, -0.1) is 0 Å². The molecule has 3 N–H and O–H groups in total. The summed E-state index contributed by atoms with van der Waals surface area (Å²) in [4.78, 5) is 0. The third kappa shape index (κ3) is 3.45. The summed E-state index contributed by atoms with van der Waals surface area (Å²) >= 11 is 0. The molecule has 0 aliphatic carbocycles. The quantitative estimate of drug-likeness (QED) is 0.692. The van der Waals surface area contributed by atoms with Gasteiger partial charge in [0.1, 0.15) is 11.6 Å². The van der Waals surface area contributed by atoms with Crippen molar-refractivity contribution in [1.29, 1.82) is 0 Å². The van der Waals surface area contributed by atoms with E-state index in [2.05, 4.69) is 5.32 Å². The molecule has 0 saturated heterocycles. The normalized spacial score (nSPS) is 12.5. The number of benzene rings is 1. The molecular formula is C10H13F2NO2. The summed E-state index contributed by atoms with van der Waals surface area (Å²) in [5.41, 5.74) is -0.0116. The molecule has 0 aliphatic rings. The Hall–Kier alpha value is -1.20. The molecule has 0 aliphatic heterocycles. The Morgan fingerprint density at radius 2 is 2.00 bits per heavy atom. The van der Waals surface area contributed by atoms with Crippen molar-refractivity contribution in [2.75, 3.05) is 18.5 Å². The largest absolute Gasteiger partial charge is 0.396 e. The van der Waals surface area contributed by atoms with E-state index in [1.807, 2.05) is 0 Å². The van der Waals surface area contributed by atoms with E-state index in [1.54, 1.807) is 0 Å². The van der Waals surface area contributed by atoms with Gasteiger partial charge in [-0.3, -0.25) is 0 Å². The van der Waals surface area contributed by atoms with Crippen LogP contribution in [-0.2, 0) is 0 Å². The Morgan fingerprint density at radius 3 is 2.60 bits per heavy atom. The second-order valence-electron chi connectivity index (χ2n) is 3.16. The number of nitrogens with one attached hydrogen (secondary N) is 1. The van der Waals surface area contributed by atoms with Gasteiger partial charge in [-0.05, 0) is 24.6 Å². The first-order valence-electron chi connectivity index (χ1n) is 4.60. The molecule has 0 fully saturated rings. The summed E-state index contributed by atoms with van der Waals surface area (Å²) in [6.45, 7) is -0.383. The monoisotopic (exact) mass is 217 g/mol. The maximum atomic E-state index is 13.1. The number of aliphatic hydroxyl groups is 2. The fourth-order valence-electron chi connectivity index (χ4n) is 1.19. The molecule has 0 aromatic heterocycles. The maximum absolute atomic E-state index is 13.1. The van der Waals surface area contributed by atoms with Crippen LogP contribution >= 0.6 is 0 Å². The number of halogens is 2. The van der Waals surface area contributed by atoms with Gasteiger partial charge in [0.15, 0.2) is 0 Å². The van der Waals surface area contributed by atoms with Gasteiger partial charge in [-0.1, -0.05) is 0 Å². The SMILES string of the molecule is OCCC(CO)Nc1cc(F)ccc1F. The van der Waals surface area contributed by atoms with Crippen molar-refractivity contribution in [2.24, 2.45) is 0 Å². The highest BCUT2D eigenvalue weighted by molar-refractivity contribution is 5.45. The zero-order valence-electron chi connectivity index (χ0n) is 8.08. The molecule has 0 spiro atoms. The zero-order chi connectivity index (χ0) is 11.3. The molecule has 1 rings (SSSR count). The van der Waals surface area contributed by atoms with Gasteiger partial charge < -0.3 is 15.5 Å². The molecule has 1 atom stereocenters. The lowest BCUT2D eigenvalue weighted by Crippen LogP contribution is -2.25. The van der Waals surface area contributed by atoms with Crippen molar-refractivity contribution >= 4 is 5.69 Å². The fourth-order valence-corrected chi connectivity index (χ4v) is 1.19. The molecule has 84 valence electrons. The van der Waals surface area contributed by atoms with Crippen LogP contribution in [0, 0.1) is 11.6 Å². The van der Waals surface area contributed by atoms with Crippen LogP contribution in [0.3, 0.4) is 0 Å². The molecule has 0 saturated carbocycles. The van der Waals surface area contributed by atoms with Crippen molar-refractivity contribution in [3.8, 4) is 0 Å². The molecule has 1 unspecified atom stereocenters. The van der Waals surface area contributed by atoms with Crippen molar-refractivity contribution in [3.05, 3.63) is 29.8 Å². The smallest absolute Gasteiger partial charge is 0.146 e. The summed E-state index contributed by atoms with van der Waals surface area (Å²) < 4.78 is 25.9. The Kier molecular flexibility index (Phi) is 4.45. The summed E-state index contributed by atoms with van der Waals surface area (Å²) in [5.74, 6) is -1.15. The standard InChI is InChI=1S/C10H13F2NO2/c11-7-1-2-9(12)10(5-7)13-8(6-15)3-4-14/h1-2,5,8,13-15H,3-4,6H2. The highest BCUT2D eigenvalue weighted by Crippen LogP contribution is 2.16. The topological polar surface area (TPSA) is 52.5 Å². The van der Waals surface area contributed by atoms with Crippen LogP contribution in [0.5, 0.6) is 0 Å². The van der Waals surface area contributed by atoms with E-state index < -0.39 is 17.7 Å². The predicted octanol–water partition coefficient (Wildman–Crippen LogP) is 1.12. The first-order chi connectivity index (χ1) is 7.17. The number of rotatable bonds is 5. The highest BCUT2D eigenvalue weighted by Gasteiger charge is 2.10. The van der Waals surface area contributed by atoms with Crippen molar-refractivity contribution in [3.63, 3.8) is 0 Å². The zero-order valence-corrected chi connectivity index (χ0v) is 8.08. The molecule has 0 amide bonds. The Morgan fingerprint density at radius 1 is 1.27 bits per heavy atom. The molecular weight excluding hydrogens is 204 g/mol. The number of hydrogen-bond acceptors (Lipinski definition) is 3. The van der Waals surface area contributed by atoms with Crippen molar-refractivity contribution in [1.82, 2.24) is 0 Å². The number of hydrogen-bond donors (Lipinski definition) is 3. The van der Waals surface area contributed by atoms with Crippen LogP contribution < -0.4 is 5.32 Å². The van der Waals surface area contributed by atoms with Gasteiger partial charge in [0.2, 0.25) is 0 Å². The lowest BCUT2D eigenvalue weighted by atomic mass is 10.2. The van der Waals surface area contributed by atoms with E-state index in [9.17, 15) is 8.78 Å². The van der Waals surface area contributed by atoms with E-state index in [1.165, 1.54) is 0 Å². The molecule has 5 heteroatoms. The van der Waals surface area contributed by atoms with E-state index in [0.29, 0.717) is 0 Å². The third-order valence-corrected chi connectivity index (χ3v) is 1.99. The van der Waals surface area contributed by atoms with Crippen LogP contribution in [0.25, 0.3) is 0 Å². The minimum atomic E-state index is -0.590. The highest BCUT2D eigenvalue weighted by atomic mass is 19.1. The van der Waals surface area contributed by atoms with Gasteiger partial charge >= 0.3 is 0 Å². The van der Waals surface area contributed by atoms with Crippen LogP contribution in [0.2, 0.25) is 0 Å². The van der Waals surface area contributed by atoms with Crippen LogP contribution in [-0.4, -0.2) is 29.5 Å². The second-order valence-corrected chi connectivity index (χ2v) is 3.16. The molecule has 1 aromatic carbocycles. The number of anilines is 1. The molecule has 3 nitrogen and oxygen atoms in total. The fraction of sp³-hybridized carbons (Fsp3) is 0.400. The van der Waals surface area contributed by atoms with E-state index in [4.69, 9.17) is 10.2 Å². The van der Waals surface area contributed by atoms with E-state index in [0.717, 1.165) is 18.2 Å². The Balaban J connectivity index is 2.73. The van der Waals surface area contributed by atoms with Gasteiger partial charge in [0.25, 0.3) is 0 Å². The molecule has 0 bridgehead atoms. The van der Waals surface area contributed by atoms with Gasteiger partial charge in [-0.25, -0.2) is 8.78 Å². The Bertz CT molecular complexity index is 320. The lowest BCUT2D eigenvalue weighted by molar-refractivity contribution is 0.228. The average Bonchev–Trinajstić information content (AvgIpc) is 2.22. The Labute approximate surface area is 86.4 Å². The minimum Gasteiger partial charge on any atom is -0.396 e. The van der Waals surface area contributed by atoms with Gasteiger partial charge in [-0.2, -0.15) is 0 Å².